The second kappa shape index (κ2) is 7.63. The summed E-state index contributed by atoms with van der Waals surface area (Å²) < 4.78 is 1.66. The van der Waals surface area contributed by atoms with Crippen LogP contribution < -0.4 is 5.56 Å². The van der Waals surface area contributed by atoms with Crippen LogP contribution in [0.25, 0.3) is 21.3 Å². The highest BCUT2D eigenvalue weighted by atomic mass is 32.2. The van der Waals surface area contributed by atoms with Gasteiger partial charge in [0.2, 0.25) is 5.91 Å². The number of fused-ring (bicyclic) bond motifs is 1. The number of nitrogens with zero attached hydrogens (tertiary/aromatic N) is 3. The van der Waals surface area contributed by atoms with Crippen LogP contribution in [0.15, 0.2) is 45.7 Å². The lowest BCUT2D eigenvalue weighted by Gasteiger charge is -2.17. The summed E-state index contributed by atoms with van der Waals surface area (Å²) in [6, 6.07) is 9.88. The van der Waals surface area contributed by atoms with Gasteiger partial charge in [-0.05, 0) is 19.4 Å². The lowest BCUT2D eigenvalue weighted by atomic mass is 10.1. The first-order chi connectivity index (χ1) is 12.4. The Morgan fingerprint density at radius 2 is 2.00 bits per heavy atom. The molecular formula is C19H21N3O2S2. The average Bonchev–Trinajstić information content (AvgIpc) is 3.06. The highest BCUT2D eigenvalue weighted by Gasteiger charge is 2.22. The molecule has 0 aliphatic heterocycles. The number of thioether (sulfide) groups is 1. The van der Waals surface area contributed by atoms with Crippen LogP contribution in [-0.2, 0) is 11.3 Å². The van der Waals surface area contributed by atoms with E-state index < -0.39 is 0 Å². The van der Waals surface area contributed by atoms with Gasteiger partial charge in [0.15, 0.2) is 5.16 Å². The molecule has 5 nitrogen and oxygen atoms in total. The lowest BCUT2D eigenvalue weighted by Crippen LogP contribution is -2.31. The molecular weight excluding hydrogens is 366 g/mol. The maximum atomic E-state index is 13.1. The number of hydrogen-bond acceptors (Lipinski definition) is 5. The summed E-state index contributed by atoms with van der Waals surface area (Å²) in [5.41, 5.74) is 1.88. The van der Waals surface area contributed by atoms with Crippen LogP contribution in [0.5, 0.6) is 0 Å². The van der Waals surface area contributed by atoms with Crippen molar-refractivity contribution in [3.05, 3.63) is 46.1 Å². The Bertz CT molecular complexity index is 993. The van der Waals surface area contributed by atoms with Crippen molar-refractivity contribution in [2.75, 3.05) is 14.1 Å². The van der Waals surface area contributed by atoms with Crippen LogP contribution in [0.4, 0.5) is 0 Å². The molecule has 0 aliphatic carbocycles. The van der Waals surface area contributed by atoms with Crippen molar-refractivity contribution in [1.29, 1.82) is 0 Å². The van der Waals surface area contributed by atoms with Gasteiger partial charge >= 0.3 is 0 Å². The second-order valence-corrected chi connectivity index (χ2v) is 8.30. The zero-order valence-electron chi connectivity index (χ0n) is 15.2. The number of thiophene rings is 1. The largest absolute Gasteiger partial charge is 0.348 e. The molecule has 1 aromatic carbocycles. The predicted octanol–water partition coefficient (Wildman–Crippen LogP) is 3.71. The van der Waals surface area contributed by atoms with Gasteiger partial charge in [-0.3, -0.25) is 14.2 Å². The fourth-order valence-electron chi connectivity index (χ4n) is 2.78. The van der Waals surface area contributed by atoms with Crippen molar-refractivity contribution in [1.82, 2.24) is 14.5 Å². The first-order valence-electron chi connectivity index (χ1n) is 8.39. The Hall–Kier alpha value is -2.12. The monoisotopic (exact) mass is 387 g/mol. The molecule has 0 fully saturated rings. The standard InChI is InChI=1S/C19H21N3O2S2/c1-5-22-18(24)15-14(13-9-7-6-8-10-13)11-25-16(15)20-19(22)26-12(2)17(23)21(3)4/h6-12H,5H2,1-4H3/t12-/m0/s1. The molecule has 0 saturated heterocycles. The van der Waals surface area contributed by atoms with Crippen LogP contribution in [-0.4, -0.2) is 39.7 Å². The molecule has 1 atom stereocenters. The van der Waals surface area contributed by atoms with Crippen molar-refractivity contribution < 1.29 is 4.79 Å². The summed E-state index contributed by atoms with van der Waals surface area (Å²) in [5, 5.41) is 2.92. The molecule has 2 heterocycles. The van der Waals surface area contributed by atoms with E-state index in [1.165, 1.54) is 23.1 Å². The van der Waals surface area contributed by atoms with Crippen molar-refractivity contribution in [2.24, 2.45) is 0 Å². The summed E-state index contributed by atoms with van der Waals surface area (Å²) in [6.45, 7) is 4.27. The van der Waals surface area contributed by atoms with Gasteiger partial charge in [0.25, 0.3) is 5.56 Å². The first kappa shape index (κ1) is 18.7. The van der Waals surface area contributed by atoms with E-state index in [1.54, 1.807) is 23.6 Å². The van der Waals surface area contributed by atoms with Gasteiger partial charge in [-0.15, -0.1) is 11.3 Å². The van der Waals surface area contributed by atoms with E-state index in [4.69, 9.17) is 4.98 Å². The number of amides is 1. The fourth-order valence-corrected chi connectivity index (χ4v) is 4.88. The van der Waals surface area contributed by atoms with Crippen LogP contribution in [0.3, 0.4) is 0 Å². The molecule has 3 rings (SSSR count). The average molecular weight is 388 g/mol. The van der Waals surface area contributed by atoms with E-state index in [2.05, 4.69) is 0 Å². The van der Waals surface area contributed by atoms with Gasteiger partial charge in [-0.25, -0.2) is 4.98 Å². The Morgan fingerprint density at radius 1 is 1.31 bits per heavy atom. The van der Waals surface area contributed by atoms with Gasteiger partial charge in [-0.2, -0.15) is 0 Å². The third kappa shape index (κ3) is 3.41. The molecule has 0 N–H and O–H groups in total. The number of aromatic nitrogens is 2. The van der Waals surface area contributed by atoms with E-state index >= 15 is 0 Å². The molecule has 3 aromatic rings. The minimum absolute atomic E-state index is 0.00292. The van der Waals surface area contributed by atoms with E-state index in [-0.39, 0.29) is 16.7 Å². The molecule has 0 saturated carbocycles. The maximum Gasteiger partial charge on any atom is 0.263 e. The first-order valence-corrected chi connectivity index (χ1v) is 10.1. The molecule has 2 aromatic heterocycles. The Morgan fingerprint density at radius 3 is 2.62 bits per heavy atom. The summed E-state index contributed by atoms with van der Waals surface area (Å²) in [4.78, 5) is 32.3. The SMILES string of the molecule is CCn1c(S[C@@H](C)C(=O)N(C)C)nc2scc(-c3ccccc3)c2c1=O. The predicted molar refractivity (Wildman–Crippen MR) is 109 cm³/mol. The van der Waals surface area contributed by atoms with E-state index in [0.29, 0.717) is 21.9 Å². The van der Waals surface area contributed by atoms with E-state index in [1.807, 2.05) is 49.6 Å². The highest BCUT2D eigenvalue weighted by molar-refractivity contribution is 8.00. The molecule has 0 spiro atoms. The highest BCUT2D eigenvalue weighted by Crippen LogP contribution is 2.32. The zero-order valence-corrected chi connectivity index (χ0v) is 16.9. The number of benzene rings is 1. The van der Waals surface area contributed by atoms with E-state index in [0.717, 1.165) is 11.1 Å². The van der Waals surface area contributed by atoms with Crippen molar-refractivity contribution >= 4 is 39.2 Å². The molecule has 0 bridgehead atoms. The number of carbonyl (C=O) groups is 1. The number of carbonyl (C=O) groups excluding carboxylic acids is 1. The Balaban J connectivity index is 2.11. The van der Waals surface area contributed by atoms with Crippen molar-refractivity contribution in [3.63, 3.8) is 0 Å². The van der Waals surface area contributed by atoms with Gasteiger partial charge in [-0.1, -0.05) is 42.1 Å². The fraction of sp³-hybridized carbons (Fsp3) is 0.316. The molecule has 0 radical (unpaired) electrons. The van der Waals surface area contributed by atoms with Crippen LogP contribution in [0.2, 0.25) is 0 Å². The zero-order chi connectivity index (χ0) is 18.8. The number of rotatable bonds is 5. The molecule has 1 amide bonds. The van der Waals surface area contributed by atoms with Gasteiger partial charge < -0.3 is 4.90 Å². The molecule has 7 heteroatoms. The molecule has 136 valence electrons. The number of hydrogen-bond donors (Lipinski definition) is 0. The van der Waals surface area contributed by atoms with Gasteiger partial charge in [0.05, 0.1) is 10.6 Å². The summed E-state index contributed by atoms with van der Waals surface area (Å²) in [5.74, 6) is 0.00292. The molecule has 0 unspecified atom stereocenters. The van der Waals surface area contributed by atoms with E-state index in [9.17, 15) is 9.59 Å². The topological polar surface area (TPSA) is 55.2 Å². The summed E-state index contributed by atoms with van der Waals surface area (Å²) in [7, 11) is 3.46. The second-order valence-electron chi connectivity index (χ2n) is 6.13. The van der Waals surface area contributed by atoms with Crippen LogP contribution in [0, 0.1) is 0 Å². The third-order valence-corrected chi connectivity index (χ3v) is 6.08. The maximum absolute atomic E-state index is 13.1. The lowest BCUT2D eigenvalue weighted by molar-refractivity contribution is -0.127. The molecule has 0 aliphatic rings. The van der Waals surface area contributed by atoms with Crippen LogP contribution >= 0.6 is 23.1 Å². The summed E-state index contributed by atoms with van der Waals surface area (Å²) >= 11 is 2.80. The van der Waals surface area contributed by atoms with Gasteiger partial charge in [0, 0.05) is 31.6 Å². The quantitative estimate of drug-likeness (QED) is 0.495. The summed E-state index contributed by atoms with van der Waals surface area (Å²) in [6.07, 6.45) is 0. The normalized spacial score (nSPS) is 12.3. The third-order valence-electron chi connectivity index (χ3n) is 4.13. The Labute approximate surface area is 160 Å². The van der Waals surface area contributed by atoms with Gasteiger partial charge in [0.1, 0.15) is 4.83 Å². The van der Waals surface area contributed by atoms with Crippen molar-refractivity contribution in [2.45, 2.75) is 30.8 Å². The minimum Gasteiger partial charge on any atom is -0.348 e. The molecule has 26 heavy (non-hydrogen) atoms. The van der Waals surface area contributed by atoms with Crippen molar-refractivity contribution in [3.8, 4) is 11.1 Å². The Kier molecular flexibility index (Phi) is 5.48. The smallest absolute Gasteiger partial charge is 0.263 e. The minimum atomic E-state index is -0.305. The van der Waals surface area contributed by atoms with Crippen LogP contribution in [0.1, 0.15) is 13.8 Å².